The molecule has 0 fully saturated rings. The normalized spacial score (nSPS) is 10.2. The van der Waals surface area contributed by atoms with Crippen LogP contribution >= 0.6 is 0 Å². The summed E-state index contributed by atoms with van der Waals surface area (Å²) in [6, 6.07) is 15.9. The van der Waals surface area contributed by atoms with Crippen molar-refractivity contribution in [3.63, 3.8) is 0 Å². The van der Waals surface area contributed by atoms with E-state index in [1.165, 1.54) is 6.07 Å². The summed E-state index contributed by atoms with van der Waals surface area (Å²) in [5.41, 5.74) is 2.42. The zero-order valence-electron chi connectivity index (χ0n) is 11.0. The van der Waals surface area contributed by atoms with Crippen LogP contribution in [-0.4, -0.2) is 4.57 Å². The number of hydrogen-bond acceptors (Lipinski definition) is 2. The van der Waals surface area contributed by atoms with Gasteiger partial charge in [-0.3, -0.25) is 0 Å². The summed E-state index contributed by atoms with van der Waals surface area (Å²) in [7, 11) is 0. The van der Waals surface area contributed by atoms with E-state index >= 15 is 0 Å². The molecule has 0 saturated heterocycles. The van der Waals surface area contributed by atoms with Gasteiger partial charge in [0.15, 0.2) is 0 Å². The molecule has 1 heterocycles. The maximum atomic E-state index is 13.3. The van der Waals surface area contributed by atoms with Crippen LogP contribution < -0.4 is 0 Å². The molecule has 0 N–H and O–H groups in total. The molecule has 0 atom stereocenters. The molecule has 0 aliphatic heterocycles. The number of fused-ring (bicyclic) bond motifs is 1. The highest BCUT2D eigenvalue weighted by molar-refractivity contribution is 5.81. The Hall–Kier alpha value is -3.11. The smallest absolute Gasteiger partial charge is 0.140 e. The Labute approximate surface area is 121 Å². The van der Waals surface area contributed by atoms with Crippen molar-refractivity contribution in [3.8, 4) is 12.1 Å². The molecule has 3 aromatic rings. The molecule has 0 unspecified atom stereocenters. The number of aromatic nitrogens is 1. The Morgan fingerprint density at radius 1 is 1.00 bits per heavy atom. The van der Waals surface area contributed by atoms with Gasteiger partial charge in [-0.2, -0.15) is 10.5 Å². The maximum absolute atomic E-state index is 13.3. The Kier molecular flexibility index (Phi) is 3.14. The lowest BCUT2D eigenvalue weighted by Crippen LogP contribution is -1.99. The van der Waals surface area contributed by atoms with Gasteiger partial charge in [0.05, 0.1) is 17.2 Å². The zero-order valence-corrected chi connectivity index (χ0v) is 11.0. The lowest BCUT2D eigenvalue weighted by Gasteiger charge is -2.07. The van der Waals surface area contributed by atoms with Gasteiger partial charge in [0.1, 0.15) is 11.9 Å². The number of halogens is 1. The highest BCUT2D eigenvalue weighted by atomic mass is 19.1. The molecule has 0 amide bonds. The highest BCUT2D eigenvalue weighted by Crippen LogP contribution is 2.19. The van der Waals surface area contributed by atoms with Crippen molar-refractivity contribution in [2.24, 2.45) is 0 Å². The molecule has 21 heavy (non-hydrogen) atoms. The first kappa shape index (κ1) is 12.9. The van der Waals surface area contributed by atoms with E-state index in [-0.39, 0.29) is 5.56 Å². The molecule has 0 spiro atoms. The van der Waals surface area contributed by atoms with E-state index < -0.39 is 5.82 Å². The second-order valence-corrected chi connectivity index (χ2v) is 4.76. The number of nitriles is 2. The molecule has 0 aliphatic rings. The van der Waals surface area contributed by atoms with Gasteiger partial charge >= 0.3 is 0 Å². The van der Waals surface area contributed by atoms with Gasteiger partial charge in [-0.1, -0.05) is 12.1 Å². The van der Waals surface area contributed by atoms with Gasteiger partial charge < -0.3 is 4.57 Å². The van der Waals surface area contributed by atoms with Crippen LogP contribution in [0.1, 0.15) is 16.7 Å². The van der Waals surface area contributed by atoms with Crippen LogP contribution in [0.3, 0.4) is 0 Å². The minimum Gasteiger partial charge on any atom is -0.343 e. The van der Waals surface area contributed by atoms with Crippen LogP contribution in [0.2, 0.25) is 0 Å². The van der Waals surface area contributed by atoms with Crippen LogP contribution in [0.15, 0.2) is 48.7 Å². The van der Waals surface area contributed by atoms with E-state index in [2.05, 4.69) is 6.07 Å². The number of benzene rings is 2. The first-order valence-electron chi connectivity index (χ1n) is 6.39. The first-order valence-corrected chi connectivity index (χ1v) is 6.39. The third-order valence-electron chi connectivity index (χ3n) is 3.41. The second kappa shape index (κ2) is 5.11. The standard InChI is InChI=1S/C17H10FN3/c18-16-4-2-13(7-15(16)10-20)11-21-6-5-14-3-1-12(9-19)8-17(14)21/h1-8H,11H2. The highest BCUT2D eigenvalue weighted by Gasteiger charge is 2.06. The number of rotatable bonds is 2. The second-order valence-electron chi connectivity index (χ2n) is 4.76. The van der Waals surface area contributed by atoms with Crippen molar-refractivity contribution in [2.45, 2.75) is 6.54 Å². The van der Waals surface area contributed by atoms with E-state index in [9.17, 15) is 4.39 Å². The van der Waals surface area contributed by atoms with E-state index in [4.69, 9.17) is 10.5 Å². The van der Waals surface area contributed by atoms with Gasteiger partial charge in [0, 0.05) is 18.3 Å². The minimum absolute atomic E-state index is 0.0432. The molecular weight excluding hydrogens is 265 g/mol. The van der Waals surface area contributed by atoms with Crippen molar-refractivity contribution < 1.29 is 4.39 Å². The molecule has 0 radical (unpaired) electrons. The van der Waals surface area contributed by atoms with E-state index in [1.807, 2.05) is 35.0 Å². The molecule has 2 aromatic carbocycles. The molecular formula is C17H10FN3. The van der Waals surface area contributed by atoms with Crippen LogP contribution in [0.4, 0.5) is 4.39 Å². The van der Waals surface area contributed by atoms with Crippen molar-refractivity contribution in [2.75, 3.05) is 0 Å². The molecule has 0 aliphatic carbocycles. The Balaban J connectivity index is 2.02. The summed E-state index contributed by atoms with van der Waals surface area (Å²) in [6.07, 6.45) is 1.92. The Bertz CT molecular complexity index is 910. The summed E-state index contributed by atoms with van der Waals surface area (Å²) in [6.45, 7) is 0.521. The van der Waals surface area contributed by atoms with Crippen LogP contribution in [0.5, 0.6) is 0 Å². The third kappa shape index (κ3) is 2.35. The molecule has 0 saturated carbocycles. The number of hydrogen-bond donors (Lipinski definition) is 0. The average Bonchev–Trinajstić information content (AvgIpc) is 2.91. The van der Waals surface area contributed by atoms with Crippen molar-refractivity contribution in [1.82, 2.24) is 4.57 Å². The van der Waals surface area contributed by atoms with E-state index in [0.717, 1.165) is 16.5 Å². The van der Waals surface area contributed by atoms with Crippen LogP contribution in [0.25, 0.3) is 10.9 Å². The summed E-state index contributed by atoms with van der Waals surface area (Å²) in [5.74, 6) is -0.509. The lowest BCUT2D eigenvalue weighted by atomic mass is 10.1. The lowest BCUT2D eigenvalue weighted by molar-refractivity contribution is 0.622. The maximum Gasteiger partial charge on any atom is 0.140 e. The largest absolute Gasteiger partial charge is 0.343 e. The Morgan fingerprint density at radius 2 is 1.86 bits per heavy atom. The zero-order chi connectivity index (χ0) is 14.8. The fourth-order valence-electron chi connectivity index (χ4n) is 2.34. The molecule has 3 nitrogen and oxygen atoms in total. The predicted octanol–water partition coefficient (Wildman–Crippen LogP) is 3.57. The van der Waals surface area contributed by atoms with E-state index in [1.54, 1.807) is 18.2 Å². The topological polar surface area (TPSA) is 52.5 Å². The fraction of sp³-hybridized carbons (Fsp3) is 0.0588. The molecule has 3 rings (SSSR count). The minimum atomic E-state index is -0.509. The molecule has 100 valence electrons. The Morgan fingerprint density at radius 3 is 2.62 bits per heavy atom. The fourth-order valence-corrected chi connectivity index (χ4v) is 2.34. The summed E-state index contributed by atoms with van der Waals surface area (Å²) in [5, 5.41) is 18.9. The monoisotopic (exact) mass is 275 g/mol. The van der Waals surface area contributed by atoms with Crippen LogP contribution in [0, 0.1) is 28.5 Å². The average molecular weight is 275 g/mol. The van der Waals surface area contributed by atoms with Gasteiger partial charge in [0.25, 0.3) is 0 Å². The van der Waals surface area contributed by atoms with Gasteiger partial charge in [-0.15, -0.1) is 0 Å². The van der Waals surface area contributed by atoms with E-state index in [0.29, 0.717) is 12.1 Å². The van der Waals surface area contributed by atoms with Crippen molar-refractivity contribution in [1.29, 1.82) is 10.5 Å². The van der Waals surface area contributed by atoms with Crippen molar-refractivity contribution in [3.05, 3.63) is 71.2 Å². The SMILES string of the molecule is N#Cc1ccc2ccn(Cc3ccc(F)c(C#N)c3)c2c1. The molecule has 4 heteroatoms. The first-order chi connectivity index (χ1) is 10.2. The van der Waals surface area contributed by atoms with Crippen molar-refractivity contribution >= 4 is 10.9 Å². The third-order valence-corrected chi connectivity index (χ3v) is 3.41. The molecule has 1 aromatic heterocycles. The predicted molar refractivity (Wildman–Crippen MR) is 76.9 cm³/mol. The van der Waals surface area contributed by atoms with Gasteiger partial charge in [-0.05, 0) is 41.3 Å². The van der Waals surface area contributed by atoms with Crippen LogP contribution in [-0.2, 0) is 6.54 Å². The van der Waals surface area contributed by atoms with Gasteiger partial charge in [-0.25, -0.2) is 4.39 Å². The quantitative estimate of drug-likeness (QED) is 0.717. The summed E-state index contributed by atoms with van der Waals surface area (Å²) in [4.78, 5) is 0. The molecule has 0 bridgehead atoms. The number of nitrogens with zero attached hydrogens (tertiary/aromatic N) is 3. The van der Waals surface area contributed by atoms with Gasteiger partial charge in [0.2, 0.25) is 0 Å². The summed E-state index contributed by atoms with van der Waals surface area (Å²) < 4.78 is 15.3. The summed E-state index contributed by atoms with van der Waals surface area (Å²) >= 11 is 0.